The van der Waals surface area contributed by atoms with Gasteiger partial charge in [0.1, 0.15) is 5.75 Å². The number of benzene rings is 1. The van der Waals surface area contributed by atoms with Crippen molar-refractivity contribution in [3.8, 4) is 5.75 Å². The maximum absolute atomic E-state index is 10.9. The summed E-state index contributed by atoms with van der Waals surface area (Å²) in [5, 5.41) is 3.48. The number of ether oxygens (including phenoxy) is 1. The van der Waals surface area contributed by atoms with Gasteiger partial charge in [0.15, 0.2) is 0 Å². The predicted molar refractivity (Wildman–Crippen MR) is 62.3 cm³/mol. The summed E-state index contributed by atoms with van der Waals surface area (Å²) in [6.07, 6.45) is 3.67. The third-order valence-corrected chi connectivity index (χ3v) is 2.83. The van der Waals surface area contributed by atoms with Crippen LogP contribution < -0.4 is 10.1 Å². The van der Waals surface area contributed by atoms with E-state index in [2.05, 4.69) is 11.4 Å². The number of rotatable bonds is 2. The first-order chi connectivity index (χ1) is 7.75. The summed E-state index contributed by atoms with van der Waals surface area (Å²) in [5.41, 5.74) is 1.21. The highest BCUT2D eigenvalue weighted by atomic mass is 16.5. The molecule has 0 unspecified atom stereocenters. The summed E-state index contributed by atoms with van der Waals surface area (Å²) >= 11 is 0. The molecular formula is C13H17NO2. The van der Waals surface area contributed by atoms with Crippen molar-refractivity contribution >= 4 is 5.97 Å². The van der Waals surface area contributed by atoms with Crippen molar-refractivity contribution in [1.82, 2.24) is 5.32 Å². The SMILES string of the molecule is CC(=O)Oc1cccc([C@H]2CCCCN2)c1. The van der Waals surface area contributed by atoms with Gasteiger partial charge in [-0.2, -0.15) is 0 Å². The molecule has 0 saturated carbocycles. The van der Waals surface area contributed by atoms with Gasteiger partial charge in [-0.15, -0.1) is 0 Å². The molecule has 0 spiro atoms. The minimum atomic E-state index is -0.270. The number of nitrogens with one attached hydrogen (secondary N) is 1. The topological polar surface area (TPSA) is 38.3 Å². The van der Waals surface area contributed by atoms with Crippen molar-refractivity contribution < 1.29 is 9.53 Å². The van der Waals surface area contributed by atoms with Gasteiger partial charge in [-0.25, -0.2) is 0 Å². The predicted octanol–water partition coefficient (Wildman–Crippen LogP) is 2.43. The molecule has 3 heteroatoms. The Morgan fingerprint density at radius 2 is 2.31 bits per heavy atom. The van der Waals surface area contributed by atoms with E-state index < -0.39 is 0 Å². The highest BCUT2D eigenvalue weighted by Crippen LogP contribution is 2.25. The fraction of sp³-hybridized carbons (Fsp3) is 0.462. The first-order valence-electron chi connectivity index (χ1n) is 5.77. The van der Waals surface area contributed by atoms with E-state index >= 15 is 0 Å². The van der Waals surface area contributed by atoms with E-state index in [9.17, 15) is 4.79 Å². The summed E-state index contributed by atoms with van der Waals surface area (Å²) in [6.45, 7) is 2.49. The van der Waals surface area contributed by atoms with Crippen LogP contribution in [0.4, 0.5) is 0 Å². The number of piperidine rings is 1. The maximum atomic E-state index is 10.9. The van der Waals surface area contributed by atoms with Gasteiger partial charge in [-0.3, -0.25) is 4.79 Å². The standard InChI is InChI=1S/C13H17NO2/c1-10(15)16-12-6-4-5-11(9-12)13-7-2-3-8-14-13/h4-6,9,13-14H,2-3,7-8H2,1H3/t13-/m1/s1. The fourth-order valence-electron chi connectivity index (χ4n) is 2.10. The van der Waals surface area contributed by atoms with E-state index in [1.54, 1.807) is 0 Å². The number of carbonyl (C=O) groups is 1. The maximum Gasteiger partial charge on any atom is 0.308 e. The van der Waals surface area contributed by atoms with E-state index in [0.29, 0.717) is 11.8 Å². The quantitative estimate of drug-likeness (QED) is 0.613. The molecule has 16 heavy (non-hydrogen) atoms. The molecule has 1 atom stereocenters. The Balaban J connectivity index is 2.11. The van der Waals surface area contributed by atoms with Gasteiger partial charge in [0.05, 0.1) is 0 Å². The van der Waals surface area contributed by atoms with Crippen molar-refractivity contribution in [2.45, 2.75) is 32.2 Å². The van der Waals surface area contributed by atoms with Gasteiger partial charge >= 0.3 is 5.97 Å². The molecule has 2 rings (SSSR count). The lowest BCUT2D eigenvalue weighted by molar-refractivity contribution is -0.131. The van der Waals surface area contributed by atoms with Gasteiger partial charge in [0, 0.05) is 13.0 Å². The average Bonchev–Trinajstić information content (AvgIpc) is 2.30. The summed E-state index contributed by atoms with van der Waals surface area (Å²) in [7, 11) is 0. The Bertz CT molecular complexity index is 370. The molecule has 3 nitrogen and oxygen atoms in total. The molecule has 1 heterocycles. The van der Waals surface area contributed by atoms with Crippen LogP contribution in [0, 0.1) is 0 Å². The highest BCUT2D eigenvalue weighted by molar-refractivity contribution is 5.69. The molecule has 1 aromatic carbocycles. The third-order valence-electron chi connectivity index (χ3n) is 2.83. The molecule has 1 fully saturated rings. The lowest BCUT2D eigenvalue weighted by Gasteiger charge is -2.24. The van der Waals surface area contributed by atoms with Gasteiger partial charge in [-0.1, -0.05) is 18.6 Å². The monoisotopic (exact) mass is 219 g/mol. The van der Waals surface area contributed by atoms with Gasteiger partial charge < -0.3 is 10.1 Å². The second-order valence-electron chi connectivity index (χ2n) is 4.17. The number of carbonyl (C=O) groups excluding carboxylic acids is 1. The summed E-state index contributed by atoms with van der Waals surface area (Å²) < 4.78 is 5.08. The van der Waals surface area contributed by atoms with E-state index in [0.717, 1.165) is 13.0 Å². The zero-order valence-corrected chi connectivity index (χ0v) is 9.53. The van der Waals surface area contributed by atoms with Crippen molar-refractivity contribution in [2.24, 2.45) is 0 Å². The van der Waals surface area contributed by atoms with Crippen LogP contribution in [0.2, 0.25) is 0 Å². The Hall–Kier alpha value is -1.35. The van der Waals surface area contributed by atoms with E-state index in [4.69, 9.17) is 4.74 Å². The van der Waals surface area contributed by atoms with Crippen LogP contribution in [-0.4, -0.2) is 12.5 Å². The molecule has 1 aliphatic heterocycles. The minimum Gasteiger partial charge on any atom is -0.427 e. The van der Waals surface area contributed by atoms with E-state index in [-0.39, 0.29) is 5.97 Å². The second-order valence-corrected chi connectivity index (χ2v) is 4.17. The molecular weight excluding hydrogens is 202 g/mol. The van der Waals surface area contributed by atoms with Crippen LogP contribution in [0.1, 0.15) is 37.8 Å². The lowest BCUT2D eigenvalue weighted by Crippen LogP contribution is -2.26. The van der Waals surface area contributed by atoms with Crippen molar-refractivity contribution in [2.75, 3.05) is 6.54 Å². The Labute approximate surface area is 95.8 Å². The molecule has 0 amide bonds. The van der Waals surface area contributed by atoms with Crippen LogP contribution in [0.25, 0.3) is 0 Å². The first kappa shape index (κ1) is 11.1. The molecule has 1 saturated heterocycles. The van der Waals surface area contributed by atoms with Crippen LogP contribution in [-0.2, 0) is 4.79 Å². The Morgan fingerprint density at radius 3 is 3.00 bits per heavy atom. The van der Waals surface area contributed by atoms with Crippen LogP contribution in [0.3, 0.4) is 0 Å². The van der Waals surface area contributed by atoms with E-state index in [1.165, 1.54) is 25.3 Å². The molecule has 1 N–H and O–H groups in total. The number of hydrogen-bond donors (Lipinski definition) is 1. The summed E-state index contributed by atoms with van der Waals surface area (Å²) in [5.74, 6) is 0.367. The Morgan fingerprint density at radius 1 is 1.44 bits per heavy atom. The molecule has 0 radical (unpaired) electrons. The molecule has 0 aliphatic carbocycles. The number of esters is 1. The van der Waals surface area contributed by atoms with Crippen molar-refractivity contribution in [3.63, 3.8) is 0 Å². The van der Waals surface area contributed by atoms with Gasteiger partial charge in [-0.05, 0) is 37.1 Å². The molecule has 1 aliphatic rings. The first-order valence-corrected chi connectivity index (χ1v) is 5.77. The van der Waals surface area contributed by atoms with Crippen LogP contribution >= 0.6 is 0 Å². The highest BCUT2D eigenvalue weighted by Gasteiger charge is 2.14. The van der Waals surface area contributed by atoms with Crippen molar-refractivity contribution in [3.05, 3.63) is 29.8 Å². The van der Waals surface area contributed by atoms with Gasteiger partial charge in [0.2, 0.25) is 0 Å². The molecule has 0 aromatic heterocycles. The summed E-state index contributed by atoms with van der Waals surface area (Å²) in [4.78, 5) is 10.9. The van der Waals surface area contributed by atoms with Crippen LogP contribution in [0.5, 0.6) is 5.75 Å². The molecule has 1 aromatic rings. The zero-order chi connectivity index (χ0) is 11.4. The van der Waals surface area contributed by atoms with E-state index in [1.807, 2.05) is 18.2 Å². The lowest BCUT2D eigenvalue weighted by atomic mass is 9.97. The van der Waals surface area contributed by atoms with Crippen LogP contribution in [0.15, 0.2) is 24.3 Å². The van der Waals surface area contributed by atoms with Crippen molar-refractivity contribution in [1.29, 1.82) is 0 Å². The van der Waals surface area contributed by atoms with Gasteiger partial charge in [0.25, 0.3) is 0 Å². The normalized spacial score (nSPS) is 20.4. The number of hydrogen-bond acceptors (Lipinski definition) is 3. The minimum absolute atomic E-state index is 0.270. The Kier molecular flexibility index (Phi) is 3.57. The largest absolute Gasteiger partial charge is 0.427 e. The smallest absolute Gasteiger partial charge is 0.308 e. The summed E-state index contributed by atoms with van der Waals surface area (Å²) in [6, 6.07) is 8.18. The fourth-order valence-corrected chi connectivity index (χ4v) is 2.10. The molecule has 86 valence electrons. The zero-order valence-electron chi connectivity index (χ0n) is 9.53. The average molecular weight is 219 g/mol. The molecule has 0 bridgehead atoms. The third kappa shape index (κ3) is 2.83. The second kappa shape index (κ2) is 5.12.